The summed E-state index contributed by atoms with van der Waals surface area (Å²) in [5.74, 6) is 0. The number of rotatable bonds is 3. The quantitative estimate of drug-likeness (QED) is 0.509. The molecule has 0 radical (unpaired) electrons. The number of aliphatic hydroxyl groups excluding tert-OH is 1. The molecule has 0 rings (SSSR count). The van der Waals surface area contributed by atoms with E-state index in [-0.39, 0.29) is 6.61 Å². The van der Waals surface area contributed by atoms with E-state index in [4.69, 9.17) is 5.11 Å². The zero-order valence-corrected chi connectivity index (χ0v) is 8.94. The van der Waals surface area contributed by atoms with Gasteiger partial charge in [0.2, 0.25) is 0 Å². The third-order valence-electron chi connectivity index (χ3n) is 1.30. The highest BCUT2D eigenvalue weighted by molar-refractivity contribution is 6.76. The van der Waals surface area contributed by atoms with Gasteiger partial charge in [-0.25, -0.2) is 0 Å². The standard InChI is InChI=1S/C9H18OSi/c1-9(8-10)6-5-7-11(2,3)4/h5,10H,7-8H2,1-4H3. The van der Waals surface area contributed by atoms with Gasteiger partial charge < -0.3 is 5.11 Å². The maximum atomic E-state index is 8.66. The van der Waals surface area contributed by atoms with Gasteiger partial charge in [0.15, 0.2) is 0 Å². The average molecular weight is 170 g/mol. The lowest BCUT2D eigenvalue weighted by molar-refractivity contribution is 0.331. The molecule has 0 spiro atoms. The van der Waals surface area contributed by atoms with Crippen molar-refractivity contribution in [1.29, 1.82) is 0 Å². The Labute approximate surface area is 70.5 Å². The lowest BCUT2D eigenvalue weighted by Crippen LogP contribution is -2.17. The minimum absolute atomic E-state index is 0.127. The minimum Gasteiger partial charge on any atom is -0.391 e. The summed E-state index contributed by atoms with van der Waals surface area (Å²) in [6.07, 6.45) is 2.05. The summed E-state index contributed by atoms with van der Waals surface area (Å²) in [6.45, 7) is 8.97. The lowest BCUT2D eigenvalue weighted by Gasteiger charge is -2.10. The molecule has 1 nitrogen and oxygen atoms in total. The van der Waals surface area contributed by atoms with Crippen molar-refractivity contribution in [1.82, 2.24) is 0 Å². The molecule has 0 aromatic rings. The minimum atomic E-state index is -0.950. The normalized spacial score (nSPS) is 10.6. The van der Waals surface area contributed by atoms with Crippen LogP contribution < -0.4 is 0 Å². The molecule has 0 unspecified atom stereocenters. The second-order valence-electron chi connectivity index (χ2n) is 4.05. The van der Waals surface area contributed by atoms with Crippen molar-refractivity contribution in [2.24, 2.45) is 0 Å². The number of hydrogen-bond acceptors (Lipinski definition) is 1. The van der Waals surface area contributed by atoms with Crippen LogP contribution in [0.3, 0.4) is 0 Å². The van der Waals surface area contributed by atoms with E-state index in [0.717, 1.165) is 11.6 Å². The highest BCUT2D eigenvalue weighted by atomic mass is 28.3. The molecule has 0 heterocycles. The zero-order chi connectivity index (χ0) is 8.91. The zero-order valence-electron chi connectivity index (χ0n) is 7.94. The molecule has 0 aliphatic heterocycles. The highest BCUT2D eigenvalue weighted by Crippen LogP contribution is 2.07. The van der Waals surface area contributed by atoms with Gasteiger partial charge >= 0.3 is 0 Å². The number of hydrogen-bond donors (Lipinski definition) is 1. The Balaban J connectivity index is 3.96. The summed E-state index contributed by atoms with van der Waals surface area (Å²) in [5, 5.41) is 8.66. The van der Waals surface area contributed by atoms with E-state index in [1.807, 2.05) is 6.92 Å². The van der Waals surface area contributed by atoms with Gasteiger partial charge in [-0.15, -0.1) is 5.73 Å². The maximum absolute atomic E-state index is 8.66. The van der Waals surface area contributed by atoms with Crippen LogP contribution in [0.1, 0.15) is 6.92 Å². The Hall–Kier alpha value is -0.303. The van der Waals surface area contributed by atoms with Gasteiger partial charge in [-0.1, -0.05) is 19.6 Å². The van der Waals surface area contributed by atoms with Crippen LogP contribution in [0.2, 0.25) is 25.7 Å². The van der Waals surface area contributed by atoms with E-state index in [9.17, 15) is 0 Å². The smallest absolute Gasteiger partial charge is 0.0712 e. The fraction of sp³-hybridized carbons (Fsp3) is 0.667. The molecule has 0 saturated carbocycles. The first kappa shape index (κ1) is 10.7. The molecule has 0 atom stereocenters. The predicted molar refractivity (Wildman–Crippen MR) is 52.5 cm³/mol. The van der Waals surface area contributed by atoms with Crippen molar-refractivity contribution in [3.8, 4) is 0 Å². The van der Waals surface area contributed by atoms with Crippen LogP contribution in [-0.4, -0.2) is 19.8 Å². The van der Waals surface area contributed by atoms with E-state index in [0.29, 0.717) is 0 Å². The topological polar surface area (TPSA) is 20.2 Å². The van der Waals surface area contributed by atoms with E-state index in [1.165, 1.54) is 0 Å². The highest BCUT2D eigenvalue weighted by Gasteiger charge is 2.08. The molecule has 0 amide bonds. The third-order valence-corrected chi connectivity index (χ3v) is 2.73. The Morgan fingerprint density at radius 3 is 2.36 bits per heavy atom. The SMILES string of the molecule is CC(=C=CC[Si](C)(C)C)CO. The summed E-state index contributed by atoms with van der Waals surface area (Å²) in [7, 11) is -0.950. The van der Waals surface area contributed by atoms with Crippen LogP contribution in [0.5, 0.6) is 0 Å². The molecular weight excluding hydrogens is 152 g/mol. The van der Waals surface area contributed by atoms with Gasteiger partial charge in [-0.05, 0) is 24.6 Å². The van der Waals surface area contributed by atoms with Crippen molar-refractivity contribution < 1.29 is 5.11 Å². The Morgan fingerprint density at radius 1 is 1.45 bits per heavy atom. The molecule has 0 aromatic heterocycles. The van der Waals surface area contributed by atoms with Crippen LogP contribution in [0, 0.1) is 0 Å². The molecule has 0 aliphatic carbocycles. The van der Waals surface area contributed by atoms with Crippen molar-refractivity contribution in [3.05, 3.63) is 17.4 Å². The Morgan fingerprint density at radius 2 is 2.00 bits per heavy atom. The monoisotopic (exact) mass is 170 g/mol. The average Bonchev–Trinajstić information content (AvgIpc) is 1.85. The summed E-state index contributed by atoms with van der Waals surface area (Å²) in [6, 6.07) is 1.14. The molecule has 0 aromatic carbocycles. The van der Waals surface area contributed by atoms with E-state index < -0.39 is 8.07 Å². The Kier molecular flexibility index (Phi) is 4.42. The first-order chi connectivity index (χ1) is 4.95. The van der Waals surface area contributed by atoms with Gasteiger partial charge in [-0.3, -0.25) is 0 Å². The first-order valence-corrected chi connectivity index (χ1v) is 7.68. The summed E-state index contributed by atoms with van der Waals surface area (Å²) in [4.78, 5) is 0. The van der Waals surface area contributed by atoms with Crippen molar-refractivity contribution in [2.75, 3.05) is 6.61 Å². The molecule has 2 heteroatoms. The van der Waals surface area contributed by atoms with E-state index in [2.05, 4.69) is 31.4 Å². The van der Waals surface area contributed by atoms with Crippen LogP contribution in [0.25, 0.3) is 0 Å². The molecule has 0 fully saturated rings. The first-order valence-electron chi connectivity index (χ1n) is 3.97. The largest absolute Gasteiger partial charge is 0.391 e. The van der Waals surface area contributed by atoms with Gasteiger partial charge in [0.1, 0.15) is 0 Å². The summed E-state index contributed by atoms with van der Waals surface area (Å²) in [5.41, 5.74) is 3.98. The predicted octanol–water partition coefficient (Wildman–Crippen LogP) is 2.42. The molecule has 1 N–H and O–H groups in total. The van der Waals surface area contributed by atoms with E-state index >= 15 is 0 Å². The summed E-state index contributed by atoms with van der Waals surface area (Å²) >= 11 is 0. The third kappa shape index (κ3) is 7.60. The molecule has 0 saturated heterocycles. The second-order valence-corrected chi connectivity index (χ2v) is 9.58. The fourth-order valence-electron chi connectivity index (χ4n) is 0.577. The van der Waals surface area contributed by atoms with Crippen LogP contribution in [0.15, 0.2) is 17.4 Å². The molecule has 0 bridgehead atoms. The van der Waals surface area contributed by atoms with Crippen LogP contribution in [0.4, 0.5) is 0 Å². The number of aliphatic hydroxyl groups is 1. The van der Waals surface area contributed by atoms with E-state index in [1.54, 1.807) is 0 Å². The Bertz CT molecular complexity index is 170. The van der Waals surface area contributed by atoms with Crippen molar-refractivity contribution in [3.63, 3.8) is 0 Å². The van der Waals surface area contributed by atoms with Crippen LogP contribution >= 0.6 is 0 Å². The fourth-order valence-corrected chi connectivity index (χ4v) is 1.29. The van der Waals surface area contributed by atoms with Crippen molar-refractivity contribution in [2.45, 2.75) is 32.6 Å². The van der Waals surface area contributed by atoms with Gasteiger partial charge in [0, 0.05) is 8.07 Å². The van der Waals surface area contributed by atoms with Gasteiger partial charge in [-0.2, -0.15) is 0 Å². The molecule has 0 aliphatic rings. The molecule has 64 valence electrons. The van der Waals surface area contributed by atoms with Crippen molar-refractivity contribution >= 4 is 8.07 Å². The lowest BCUT2D eigenvalue weighted by atomic mass is 10.3. The van der Waals surface area contributed by atoms with Crippen LogP contribution in [-0.2, 0) is 0 Å². The second kappa shape index (κ2) is 4.55. The van der Waals surface area contributed by atoms with Gasteiger partial charge in [0.05, 0.1) is 6.61 Å². The molecule has 11 heavy (non-hydrogen) atoms. The molecular formula is C9H18OSi. The summed E-state index contributed by atoms with van der Waals surface area (Å²) < 4.78 is 0. The maximum Gasteiger partial charge on any atom is 0.0712 e. The van der Waals surface area contributed by atoms with Gasteiger partial charge in [0.25, 0.3) is 0 Å².